The number of nitrogens with zero attached hydrogens (tertiary/aromatic N) is 1. The second kappa shape index (κ2) is 5.09. The molecule has 106 valence electrons. The highest BCUT2D eigenvalue weighted by atomic mass is 79.9. The number of imide groups is 1. The summed E-state index contributed by atoms with van der Waals surface area (Å²) in [5.74, 6) is -1.97. The van der Waals surface area contributed by atoms with E-state index >= 15 is 0 Å². The number of hydrogen-bond acceptors (Lipinski definition) is 4. The van der Waals surface area contributed by atoms with Gasteiger partial charge in [0, 0.05) is 4.88 Å². The van der Waals surface area contributed by atoms with Gasteiger partial charge in [0.2, 0.25) is 0 Å². The Kier molecular flexibility index (Phi) is 3.38. The third-order valence-electron chi connectivity index (χ3n) is 3.16. The zero-order valence-corrected chi connectivity index (χ0v) is 12.9. The first-order valence-electron chi connectivity index (χ1n) is 5.95. The number of carbonyl (C=O) groups is 3. The highest BCUT2D eigenvalue weighted by molar-refractivity contribution is 9.11. The van der Waals surface area contributed by atoms with Crippen LogP contribution in [0.25, 0.3) is 0 Å². The third kappa shape index (κ3) is 2.38. The van der Waals surface area contributed by atoms with E-state index in [4.69, 9.17) is 5.11 Å². The molecule has 0 spiro atoms. The van der Waals surface area contributed by atoms with Crippen LogP contribution < -0.4 is 0 Å². The molecule has 1 N–H and O–H groups in total. The molecule has 5 nitrogen and oxygen atoms in total. The maximum atomic E-state index is 12.3. The van der Waals surface area contributed by atoms with Gasteiger partial charge in [0.25, 0.3) is 11.8 Å². The fraction of sp³-hybridized carbons (Fsp3) is 0.0714. The molecule has 0 saturated heterocycles. The van der Waals surface area contributed by atoms with Crippen LogP contribution in [0.1, 0.15) is 36.0 Å². The number of fused-ring (bicyclic) bond motifs is 1. The SMILES string of the molecule is O=C(O)c1ccc2c(c1)C(=O)N(Cc1ccc(Br)s1)C2=O. The van der Waals surface area contributed by atoms with Crippen molar-refractivity contribution in [3.63, 3.8) is 0 Å². The molecule has 0 unspecified atom stereocenters. The molecular weight excluding hydrogens is 358 g/mol. The van der Waals surface area contributed by atoms with Gasteiger partial charge < -0.3 is 5.11 Å². The van der Waals surface area contributed by atoms with Crippen LogP contribution in [0.2, 0.25) is 0 Å². The van der Waals surface area contributed by atoms with Gasteiger partial charge in [-0.15, -0.1) is 11.3 Å². The van der Waals surface area contributed by atoms with Crippen LogP contribution in [0.3, 0.4) is 0 Å². The molecule has 0 bridgehead atoms. The van der Waals surface area contributed by atoms with E-state index in [0.717, 1.165) is 13.6 Å². The van der Waals surface area contributed by atoms with Gasteiger partial charge in [-0.2, -0.15) is 0 Å². The Morgan fingerprint density at radius 2 is 1.86 bits per heavy atom. The Bertz CT molecular complexity index is 783. The minimum Gasteiger partial charge on any atom is -0.478 e. The normalized spacial score (nSPS) is 13.7. The smallest absolute Gasteiger partial charge is 0.335 e. The van der Waals surface area contributed by atoms with Crippen LogP contribution in [0.5, 0.6) is 0 Å². The van der Waals surface area contributed by atoms with Gasteiger partial charge in [-0.05, 0) is 46.3 Å². The van der Waals surface area contributed by atoms with Gasteiger partial charge in [-0.25, -0.2) is 4.79 Å². The third-order valence-corrected chi connectivity index (χ3v) is 4.77. The van der Waals surface area contributed by atoms with Crippen molar-refractivity contribution in [1.82, 2.24) is 4.90 Å². The average Bonchev–Trinajstić information content (AvgIpc) is 2.96. The van der Waals surface area contributed by atoms with Gasteiger partial charge in [-0.3, -0.25) is 14.5 Å². The lowest BCUT2D eigenvalue weighted by atomic mass is 10.1. The lowest BCUT2D eigenvalue weighted by molar-refractivity contribution is 0.0642. The van der Waals surface area contributed by atoms with E-state index in [1.807, 2.05) is 12.1 Å². The predicted molar refractivity (Wildman–Crippen MR) is 79.6 cm³/mol. The standard InChI is InChI=1S/C14H8BrNO4S/c15-11-4-2-8(21-11)6-16-12(17)9-3-1-7(14(19)20)5-10(9)13(16)18/h1-5H,6H2,(H,19,20). The summed E-state index contributed by atoms with van der Waals surface area (Å²) in [6, 6.07) is 7.66. The minimum atomic E-state index is -1.13. The molecule has 7 heteroatoms. The molecule has 1 aliphatic rings. The fourth-order valence-electron chi connectivity index (χ4n) is 2.16. The van der Waals surface area contributed by atoms with E-state index in [1.54, 1.807) is 0 Å². The second-order valence-corrected chi connectivity index (χ2v) is 7.02. The molecule has 2 amide bonds. The molecule has 0 radical (unpaired) electrons. The number of benzene rings is 1. The number of thiophene rings is 1. The molecule has 1 aromatic carbocycles. The topological polar surface area (TPSA) is 74.7 Å². The van der Waals surface area contributed by atoms with Crippen molar-refractivity contribution in [2.75, 3.05) is 0 Å². The van der Waals surface area contributed by atoms with E-state index in [-0.39, 0.29) is 23.2 Å². The van der Waals surface area contributed by atoms with Gasteiger partial charge in [0.05, 0.1) is 27.0 Å². The summed E-state index contributed by atoms with van der Waals surface area (Å²) in [5.41, 5.74) is 0.395. The van der Waals surface area contributed by atoms with Gasteiger partial charge in [0.1, 0.15) is 0 Å². The first kappa shape index (κ1) is 14.0. The average molecular weight is 366 g/mol. The molecule has 3 rings (SSSR count). The molecule has 2 heterocycles. The van der Waals surface area contributed by atoms with E-state index < -0.39 is 17.8 Å². The van der Waals surface area contributed by atoms with Crippen LogP contribution >= 0.6 is 27.3 Å². The van der Waals surface area contributed by atoms with Crippen molar-refractivity contribution in [1.29, 1.82) is 0 Å². The maximum Gasteiger partial charge on any atom is 0.335 e. The van der Waals surface area contributed by atoms with Crippen molar-refractivity contribution >= 4 is 45.1 Å². The summed E-state index contributed by atoms with van der Waals surface area (Å²) in [4.78, 5) is 37.5. The number of halogens is 1. The summed E-state index contributed by atoms with van der Waals surface area (Å²) in [7, 11) is 0. The number of carbonyl (C=O) groups excluding carboxylic acids is 2. The molecule has 0 atom stereocenters. The Morgan fingerprint density at radius 1 is 1.14 bits per heavy atom. The van der Waals surface area contributed by atoms with Crippen LogP contribution in [-0.4, -0.2) is 27.8 Å². The first-order chi connectivity index (χ1) is 9.97. The summed E-state index contributed by atoms with van der Waals surface area (Å²) in [5, 5.41) is 8.96. The number of amides is 2. The van der Waals surface area contributed by atoms with Crippen LogP contribution in [0.15, 0.2) is 34.1 Å². The van der Waals surface area contributed by atoms with Gasteiger partial charge >= 0.3 is 5.97 Å². The fourth-order valence-corrected chi connectivity index (χ4v) is 3.63. The quantitative estimate of drug-likeness (QED) is 0.848. The summed E-state index contributed by atoms with van der Waals surface area (Å²) in [6.45, 7) is 0.186. The molecule has 0 saturated carbocycles. The zero-order valence-electron chi connectivity index (χ0n) is 10.5. The Hall–Kier alpha value is -1.99. The van der Waals surface area contributed by atoms with Crippen LogP contribution in [0.4, 0.5) is 0 Å². The monoisotopic (exact) mass is 365 g/mol. The van der Waals surface area contributed by atoms with Gasteiger partial charge in [0.15, 0.2) is 0 Å². The number of aromatic carboxylic acids is 1. The number of rotatable bonds is 3. The number of hydrogen-bond donors (Lipinski definition) is 1. The summed E-state index contributed by atoms with van der Waals surface area (Å²) < 4.78 is 0.919. The summed E-state index contributed by atoms with van der Waals surface area (Å²) in [6.07, 6.45) is 0. The number of carboxylic acids is 1. The predicted octanol–water partition coefficient (Wildman–Crippen LogP) is 3.01. The van der Waals surface area contributed by atoms with Crippen molar-refractivity contribution in [2.24, 2.45) is 0 Å². The maximum absolute atomic E-state index is 12.3. The van der Waals surface area contributed by atoms with Gasteiger partial charge in [-0.1, -0.05) is 0 Å². The van der Waals surface area contributed by atoms with E-state index in [2.05, 4.69) is 15.9 Å². The van der Waals surface area contributed by atoms with E-state index in [0.29, 0.717) is 0 Å². The summed E-state index contributed by atoms with van der Waals surface area (Å²) >= 11 is 4.77. The minimum absolute atomic E-state index is 0.00406. The molecule has 0 fully saturated rings. The highest BCUT2D eigenvalue weighted by Gasteiger charge is 2.36. The molecule has 1 aliphatic heterocycles. The molecule has 2 aromatic rings. The molecular formula is C14H8BrNO4S. The Balaban J connectivity index is 1.94. The molecule has 0 aliphatic carbocycles. The highest BCUT2D eigenvalue weighted by Crippen LogP contribution is 2.29. The lowest BCUT2D eigenvalue weighted by Crippen LogP contribution is -2.28. The Morgan fingerprint density at radius 3 is 2.48 bits per heavy atom. The second-order valence-electron chi connectivity index (χ2n) is 4.47. The Labute approximate surface area is 131 Å². The van der Waals surface area contributed by atoms with Crippen molar-refractivity contribution in [2.45, 2.75) is 6.54 Å². The molecule has 1 aromatic heterocycles. The lowest BCUT2D eigenvalue weighted by Gasteiger charge is -2.11. The number of carboxylic acid groups (broad SMARTS) is 1. The first-order valence-corrected chi connectivity index (χ1v) is 7.56. The zero-order chi connectivity index (χ0) is 15.1. The van der Waals surface area contributed by atoms with E-state index in [9.17, 15) is 14.4 Å². The van der Waals surface area contributed by atoms with Crippen molar-refractivity contribution in [3.05, 3.63) is 55.7 Å². The largest absolute Gasteiger partial charge is 0.478 e. The van der Waals surface area contributed by atoms with Crippen LogP contribution in [0, 0.1) is 0 Å². The molecule has 21 heavy (non-hydrogen) atoms. The van der Waals surface area contributed by atoms with Crippen LogP contribution in [-0.2, 0) is 6.54 Å². The van der Waals surface area contributed by atoms with Crippen molar-refractivity contribution < 1.29 is 19.5 Å². The van der Waals surface area contributed by atoms with Crippen molar-refractivity contribution in [3.8, 4) is 0 Å². The van der Waals surface area contributed by atoms with E-state index in [1.165, 1.54) is 29.5 Å².